The summed E-state index contributed by atoms with van der Waals surface area (Å²) in [5, 5.41) is 4.59. The van der Waals surface area contributed by atoms with Gasteiger partial charge in [0.2, 0.25) is 0 Å². The second-order valence-electron chi connectivity index (χ2n) is 7.24. The van der Waals surface area contributed by atoms with Crippen molar-refractivity contribution in [3.63, 3.8) is 0 Å². The fraction of sp³-hybridized carbons (Fsp3) is 0.200. The van der Waals surface area contributed by atoms with Crippen molar-refractivity contribution in [1.29, 1.82) is 0 Å². The van der Waals surface area contributed by atoms with Gasteiger partial charge in [0.1, 0.15) is 19.0 Å². The number of hydrogen-bond donors (Lipinski definition) is 1. The lowest BCUT2D eigenvalue weighted by molar-refractivity contribution is -0.142. The van der Waals surface area contributed by atoms with Crippen molar-refractivity contribution in [1.82, 2.24) is 5.32 Å². The van der Waals surface area contributed by atoms with Crippen LogP contribution in [0.1, 0.15) is 16.0 Å². The first-order chi connectivity index (χ1) is 16.1. The minimum atomic E-state index is -0.622. The van der Waals surface area contributed by atoms with Crippen LogP contribution in [-0.2, 0) is 20.7 Å². The normalized spacial score (nSPS) is 12.8. The highest BCUT2D eigenvalue weighted by atomic mass is 32.1. The van der Waals surface area contributed by atoms with Crippen LogP contribution in [-0.4, -0.2) is 38.2 Å². The van der Waals surface area contributed by atoms with E-state index in [1.54, 1.807) is 24.3 Å². The van der Waals surface area contributed by atoms with Crippen LogP contribution in [0.4, 0.5) is 4.39 Å². The number of halogens is 1. The smallest absolute Gasteiger partial charge is 0.340 e. The molecule has 0 saturated carbocycles. The van der Waals surface area contributed by atoms with Crippen molar-refractivity contribution in [3.05, 3.63) is 81.8 Å². The van der Waals surface area contributed by atoms with E-state index in [0.29, 0.717) is 47.9 Å². The summed E-state index contributed by atoms with van der Waals surface area (Å²) in [6.45, 7) is 1.04. The number of fused-ring (bicyclic) bond motifs is 1. The molecule has 0 radical (unpaired) electrons. The third-order valence-electron chi connectivity index (χ3n) is 4.86. The van der Waals surface area contributed by atoms with Gasteiger partial charge in [-0.15, -0.1) is 11.3 Å². The molecule has 1 aliphatic heterocycles. The Bertz CT molecular complexity index is 1140. The number of thiophene rings is 1. The number of ether oxygens (including phenoxy) is 3. The molecule has 1 amide bonds. The predicted molar refractivity (Wildman–Crippen MR) is 124 cm³/mol. The molecule has 0 aliphatic carbocycles. The molecule has 6 nitrogen and oxygen atoms in total. The average molecular weight is 468 g/mol. The van der Waals surface area contributed by atoms with Crippen molar-refractivity contribution in [3.8, 4) is 11.5 Å². The molecule has 4 rings (SSSR count). The van der Waals surface area contributed by atoms with E-state index in [-0.39, 0.29) is 5.82 Å². The van der Waals surface area contributed by atoms with Crippen LogP contribution in [0.5, 0.6) is 11.5 Å². The number of rotatable bonds is 8. The summed E-state index contributed by atoms with van der Waals surface area (Å²) < 4.78 is 29.5. The van der Waals surface area contributed by atoms with Crippen LogP contribution in [0.15, 0.2) is 60.0 Å². The van der Waals surface area contributed by atoms with Crippen molar-refractivity contribution in [2.75, 3.05) is 26.4 Å². The van der Waals surface area contributed by atoms with Crippen LogP contribution in [0, 0.1) is 5.82 Å². The Balaban J connectivity index is 1.30. The van der Waals surface area contributed by atoms with Crippen LogP contribution in [0.3, 0.4) is 0 Å². The fourth-order valence-electron chi connectivity index (χ4n) is 3.24. The third-order valence-corrected chi connectivity index (χ3v) is 5.77. The monoisotopic (exact) mass is 467 g/mol. The van der Waals surface area contributed by atoms with Crippen molar-refractivity contribution < 1.29 is 28.2 Å². The summed E-state index contributed by atoms with van der Waals surface area (Å²) in [5.41, 5.74) is 1.96. The van der Waals surface area contributed by atoms with Gasteiger partial charge in [-0.25, -0.2) is 9.18 Å². The number of benzene rings is 2. The van der Waals surface area contributed by atoms with Crippen LogP contribution >= 0.6 is 11.3 Å². The quantitative estimate of drug-likeness (QED) is 0.399. The Kier molecular flexibility index (Phi) is 7.36. The number of amides is 1. The van der Waals surface area contributed by atoms with E-state index in [0.717, 1.165) is 11.3 Å². The summed E-state index contributed by atoms with van der Waals surface area (Å²) >= 11 is 1.37. The molecule has 170 valence electrons. The topological polar surface area (TPSA) is 73.9 Å². The Morgan fingerprint density at radius 2 is 1.85 bits per heavy atom. The average Bonchev–Trinajstić information content (AvgIpc) is 3.37. The summed E-state index contributed by atoms with van der Waals surface area (Å²) in [6, 6.07) is 15.1. The van der Waals surface area contributed by atoms with Gasteiger partial charge in [-0.3, -0.25) is 4.79 Å². The van der Waals surface area contributed by atoms with Crippen LogP contribution < -0.4 is 14.8 Å². The van der Waals surface area contributed by atoms with Gasteiger partial charge < -0.3 is 19.5 Å². The van der Waals surface area contributed by atoms with E-state index in [1.165, 1.54) is 23.5 Å². The largest absolute Gasteiger partial charge is 0.486 e. The molecule has 0 bridgehead atoms. The zero-order valence-electron chi connectivity index (χ0n) is 17.7. The summed E-state index contributed by atoms with van der Waals surface area (Å²) in [7, 11) is 0. The Labute approximate surface area is 194 Å². The zero-order valence-corrected chi connectivity index (χ0v) is 18.5. The second-order valence-corrected chi connectivity index (χ2v) is 8.19. The fourth-order valence-corrected chi connectivity index (χ4v) is 3.97. The van der Waals surface area contributed by atoms with Gasteiger partial charge in [0.25, 0.3) is 5.91 Å². The van der Waals surface area contributed by atoms with E-state index in [4.69, 9.17) is 14.2 Å². The number of esters is 1. The van der Waals surface area contributed by atoms with Gasteiger partial charge in [-0.2, -0.15) is 0 Å². The first-order valence-electron chi connectivity index (χ1n) is 10.4. The molecule has 0 saturated heterocycles. The zero-order chi connectivity index (χ0) is 23.0. The molecular weight excluding hydrogens is 445 g/mol. The molecule has 2 aromatic carbocycles. The Morgan fingerprint density at radius 3 is 2.61 bits per heavy atom. The van der Waals surface area contributed by atoms with Crippen molar-refractivity contribution >= 4 is 34.9 Å². The molecule has 33 heavy (non-hydrogen) atoms. The number of carbonyl (C=O) groups is 2. The first kappa shape index (κ1) is 22.5. The Morgan fingerprint density at radius 1 is 1.06 bits per heavy atom. The van der Waals surface area contributed by atoms with Crippen LogP contribution in [0.25, 0.3) is 11.6 Å². The maximum Gasteiger partial charge on any atom is 0.340 e. The van der Waals surface area contributed by atoms with E-state index < -0.39 is 18.5 Å². The summed E-state index contributed by atoms with van der Waals surface area (Å²) in [4.78, 5) is 25.6. The number of nitrogens with one attached hydrogen (secondary N) is 1. The van der Waals surface area contributed by atoms with Crippen molar-refractivity contribution in [2.45, 2.75) is 6.42 Å². The maximum absolute atomic E-state index is 13.2. The molecular formula is C25H22FNO5S. The molecule has 1 aromatic heterocycles. The molecule has 0 spiro atoms. The maximum atomic E-state index is 13.2. The molecule has 0 fully saturated rings. The van der Waals surface area contributed by atoms with Gasteiger partial charge in [0, 0.05) is 11.4 Å². The minimum absolute atomic E-state index is 0.306. The molecule has 3 aromatic rings. The minimum Gasteiger partial charge on any atom is -0.486 e. The molecule has 2 heterocycles. The molecule has 0 unspecified atom stereocenters. The first-order valence-corrected chi connectivity index (χ1v) is 11.3. The standard InChI is InChI=1S/C25H22FNO5S/c26-19-6-3-17(4-7-19)14-20(23-2-1-13-33-23)25(29)32-16-24(28)27-10-9-18-5-8-21-22(15-18)31-12-11-30-21/h1-8,13-15H,9-12,16H2,(H,27,28). The highest BCUT2D eigenvalue weighted by molar-refractivity contribution is 7.11. The lowest BCUT2D eigenvalue weighted by Gasteiger charge is -2.18. The van der Waals surface area contributed by atoms with Crippen molar-refractivity contribution in [2.24, 2.45) is 0 Å². The second kappa shape index (κ2) is 10.8. The number of hydrogen-bond acceptors (Lipinski definition) is 6. The molecule has 0 atom stereocenters. The molecule has 1 aliphatic rings. The van der Waals surface area contributed by atoms with Gasteiger partial charge in [-0.1, -0.05) is 24.3 Å². The lowest BCUT2D eigenvalue weighted by Crippen LogP contribution is -2.30. The van der Waals surface area contributed by atoms with E-state index in [1.807, 2.05) is 29.6 Å². The lowest BCUT2D eigenvalue weighted by atomic mass is 10.1. The SMILES string of the molecule is O=C(COC(=O)C(=Cc1ccc(F)cc1)c1cccs1)NCCc1ccc2c(c1)OCCO2. The van der Waals surface area contributed by atoms with E-state index in [2.05, 4.69) is 5.32 Å². The van der Waals surface area contributed by atoms with E-state index in [9.17, 15) is 14.0 Å². The predicted octanol–water partition coefficient (Wildman–Crippen LogP) is 4.10. The summed E-state index contributed by atoms with van der Waals surface area (Å²) in [6.07, 6.45) is 2.22. The highest BCUT2D eigenvalue weighted by Crippen LogP contribution is 2.30. The molecule has 8 heteroatoms. The van der Waals surface area contributed by atoms with Gasteiger partial charge in [0.15, 0.2) is 18.1 Å². The van der Waals surface area contributed by atoms with Crippen LogP contribution in [0.2, 0.25) is 0 Å². The van der Waals surface area contributed by atoms with Gasteiger partial charge in [0.05, 0.1) is 5.57 Å². The van der Waals surface area contributed by atoms with E-state index >= 15 is 0 Å². The molecule has 1 N–H and O–H groups in total. The Hall–Kier alpha value is -3.65. The highest BCUT2D eigenvalue weighted by Gasteiger charge is 2.17. The number of carbonyl (C=O) groups excluding carboxylic acids is 2. The summed E-state index contributed by atoms with van der Waals surface area (Å²) in [5.74, 6) is 0.0431. The third kappa shape index (κ3) is 6.20. The van der Waals surface area contributed by atoms with Gasteiger partial charge in [-0.05, 0) is 59.3 Å². The van der Waals surface area contributed by atoms with Gasteiger partial charge >= 0.3 is 5.97 Å².